The largest absolute Gasteiger partial charge is 0.435 e. The van der Waals surface area contributed by atoms with E-state index < -0.39 is 11.9 Å². The molecular formula is C15H18F3N5. The summed E-state index contributed by atoms with van der Waals surface area (Å²) in [5, 5.41) is 3.71. The lowest BCUT2D eigenvalue weighted by molar-refractivity contribution is -0.141. The normalized spacial score (nSPS) is 21.3. The van der Waals surface area contributed by atoms with E-state index in [1.807, 2.05) is 6.92 Å². The van der Waals surface area contributed by atoms with Crippen LogP contribution in [0.1, 0.15) is 43.2 Å². The summed E-state index contributed by atoms with van der Waals surface area (Å²) in [5.74, 6) is 0. The second-order valence-corrected chi connectivity index (χ2v) is 5.78. The van der Waals surface area contributed by atoms with Crippen LogP contribution in [-0.4, -0.2) is 37.7 Å². The smallest absolute Gasteiger partial charge is 0.293 e. The van der Waals surface area contributed by atoms with Gasteiger partial charge < -0.3 is 0 Å². The van der Waals surface area contributed by atoms with E-state index in [4.69, 9.17) is 0 Å². The van der Waals surface area contributed by atoms with Gasteiger partial charge in [-0.25, -0.2) is 0 Å². The van der Waals surface area contributed by atoms with E-state index in [0.29, 0.717) is 6.54 Å². The van der Waals surface area contributed by atoms with Crippen molar-refractivity contribution >= 4 is 0 Å². The minimum atomic E-state index is -4.40. The lowest BCUT2D eigenvalue weighted by atomic mass is 10.0. The quantitative estimate of drug-likeness (QED) is 0.870. The van der Waals surface area contributed by atoms with Gasteiger partial charge in [-0.2, -0.15) is 18.3 Å². The van der Waals surface area contributed by atoms with Crippen molar-refractivity contribution in [3.8, 4) is 0 Å². The van der Waals surface area contributed by atoms with Crippen LogP contribution in [0.3, 0.4) is 0 Å². The molecule has 23 heavy (non-hydrogen) atoms. The first kappa shape index (κ1) is 15.9. The molecule has 0 bridgehead atoms. The molecule has 0 saturated carbocycles. The number of rotatable bonds is 3. The van der Waals surface area contributed by atoms with Gasteiger partial charge in [-0.15, -0.1) is 0 Å². The summed E-state index contributed by atoms with van der Waals surface area (Å²) in [6, 6.07) is 1.05. The Morgan fingerprint density at radius 1 is 1.30 bits per heavy atom. The first-order chi connectivity index (χ1) is 10.9. The van der Waals surface area contributed by atoms with Crippen LogP contribution in [0.15, 0.2) is 30.9 Å². The van der Waals surface area contributed by atoms with Crippen LogP contribution in [-0.2, 0) is 6.18 Å². The molecule has 0 aliphatic carbocycles. The molecule has 0 N–H and O–H groups in total. The molecule has 2 aromatic heterocycles. The minimum absolute atomic E-state index is 0.0565. The summed E-state index contributed by atoms with van der Waals surface area (Å²) in [6.07, 6.45) is 3.76. The molecule has 0 spiro atoms. The van der Waals surface area contributed by atoms with E-state index in [-0.39, 0.29) is 12.1 Å². The number of nitrogens with zero attached hydrogens (tertiary/aromatic N) is 5. The van der Waals surface area contributed by atoms with Gasteiger partial charge in [0.2, 0.25) is 0 Å². The molecule has 8 heteroatoms. The fraction of sp³-hybridized carbons (Fsp3) is 0.533. The van der Waals surface area contributed by atoms with Gasteiger partial charge >= 0.3 is 6.18 Å². The van der Waals surface area contributed by atoms with Gasteiger partial charge in [-0.05, 0) is 32.4 Å². The summed E-state index contributed by atoms with van der Waals surface area (Å²) in [4.78, 5) is 10.6. The van der Waals surface area contributed by atoms with Crippen molar-refractivity contribution in [1.29, 1.82) is 0 Å². The van der Waals surface area contributed by atoms with Crippen LogP contribution >= 0.6 is 0 Å². The van der Waals surface area contributed by atoms with Crippen molar-refractivity contribution in [3.63, 3.8) is 0 Å². The number of hydrogen-bond donors (Lipinski definition) is 0. The van der Waals surface area contributed by atoms with E-state index in [0.717, 1.165) is 31.1 Å². The Kier molecular flexibility index (Phi) is 4.34. The lowest BCUT2D eigenvalue weighted by Gasteiger charge is -2.36. The van der Waals surface area contributed by atoms with Crippen molar-refractivity contribution < 1.29 is 13.2 Å². The fourth-order valence-corrected chi connectivity index (χ4v) is 2.96. The van der Waals surface area contributed by atoms with Crippen molar-refractivity contribution in [1.82, 2.24) is 24.6 Å². The maximum absolute atomic E-state index is 12.7. The van der Waals surface area contributed by atoms with Gasteiger partial charge in [0.05, 0.1) is 17.8 Å². The van der Waals surface area contributed by atoms with E-state index in [1.54, 1.807) is 18.6 Å². The Hall–Kier alpha value is -1.96. The highest BCUT2D eigenvalue weighted by Gasteiger charge is 2.35. The molecule has 0 unspecified atom stereocenters. The zero-order valence-corrected chi connectivity index (χ0v) is 12.7. The second kappa shape index (κ2) is 6.27. The van der Waals surface area contributed by atoms with Crippen molar-refractivity contribution in [2.45, 2.75) is 38.0 Å². The number of likely N-dealkylation sites (tertiary alicyclic amines) is 1. The van der Waals surface area contributed by atoms with Crippen LogP contribution < -0.4 is 0 Å². The molecule has 0 radical (unpaired) electrons. The SMILES string of the molecule is C[C@@H](c1cnccn1)N1CCC[C@H](n2ccc(C(F)(F)F)n2)C1. The van der Waals surface area contributed by atoms with E-state index in [9.17, 15) is 13.2 Å². The van der Waals surface area contributed by atoms with E-state index >= 15 is 0 Å². The number of hydrogen-bond acceptors (Lipinski definition) is 4. The summed E-state index contributed by atoms with van der Waals surface area (Å²) in [5.41, 5.74) is 0.0289. The standard InChI is InChI=1S/C15H18F3N5/c1-11(13-9-19-5-6-20-13)22-7-2-3-12(10-22)23-8-4-14(21-23)15(16,17)18/h4-6,8-9,11-12H,2-3,7,10H2,1H3/t11-,12-/m0/s1. The Labute approximate surface area is 132 Å². The first-order valence-electron chi connectivity index (χ1n) is 7.57. The second-order valence-electron chi connectivity index (χ2n) is 5.78. The van der Waals surface area contributed by atoms with Crippen LogP contribution in [0, 0.1) is 0 Å². The zero-order chi connectivity index (χ0) is 16.4. The Morgan fingerprint density at radius 3 is 2.78 bits per heavy atom. The monoisotopic (exact) mass is 325 g/mol. The number of piperidine rings is 1. The molecule has 3 rings (SSSR count). The molecule has 1 fully saturated rings. The Morgan fingerprint density at radius 2 is 2.13 bits per heavy atom. The zero-order valence-electron chi connectivity index (χ0n) is 12.7. The lowest BCUT2D eigenvalue weighted by Crippen LogP contribution is -2.38. The molecule has 1 saturated heterocycles. The van der Waals surface area contributed by atoms with Gasteiger partial charge in [0, 0.05) is 31.3 Å². The number of alkyl halides is 3. The van der Waals surface area contributed by atoms with Crippen LogP contribution in [0.2, 0.25) is 0 Å². The van der Waals surface area contributed by atoms with Gasteiger partial charge in [0.25, 0.3) is 0 Å². The third-order valence-electron chi connectivity index (χ3n) is 4.26. The Bertz CT molecular complexity index is 640. The van der Waals surface area contributed by atoms with Gasteiger partial charge in [-0.1, -0.05) is 0 Å². The van der Waals surface area contributed by atoms with E-state index in [2.05, 4.69) is 20.0 Å². The summed E-state index contributed by atoms with van der Waals surface area (Å²) in [7, 11) is 0. The van der Waals surface area contributed by atoms with Gasteiger partial charge in [-0.3, -0.25) is 19.5 Å². The number of halogens is 3. The summed E-state index contributed by atoms with van der Waals surface area (Å²) < 4.78 is 39.5. The highest BCUT2D eigenvalue weighted by Crippen LogP contribution is 2.31. The van der Waals surface area contributed by atoms with Crippen LogP contribution in [0.4, 0.5) is 13.2 Å². The van der Waals surface area contributed by atoms with Crippen molar-refractivity contribution in [3.05, 3.63) is 42.2 Å². The molecule has 1 aliphatic heterocycles. The highest BCUT2D eigenvalue weighted by atomic mass is 19.4. The highest BCUT2D eigenvalue weighted by molar-refractivity contribution is 5.05. The third kappa shape index (κ3) is 3.52. The van der Waals surface area contributed by atoms with Gasteiger partial charge in [0.1, 0.15) is 0 Å². The molecule has 1 aliphatic rings. The van der Waals surface area contributed by atoms with Crippen LogP contribution in [0.5, 0.6) is 0 Å². The summed E-state index contributed by atoms with van der Waals surface area (Å²) in [6.45, 7) is 3.58. The van der Waals surface area contributed by atoms with Crippen molar-refractivity contribution in [2.24, 2.45) is 0 Å². The molecule has 2 aromatic rings. The number of aromatic nitrogens is 4. The average molecular weight is 325 g/mol. The molecule has 5 nitrogen and oxygen atoms in total. The average Bonchev–Trinajstić information content (AvgIpc) is 3.05. The predicted octanol–water partition coefficient (Wildman–Crippen LogP) is 3.09. The maximum atomic E-state index is 12.7. The molecule has 0 aromatic carbocycles. The Balaban J connectivity index is 1.72. The molecule has 124 valence electrons. The maximum Gasteiger partial charge on any atom is 0.435 e. The fourth-order valence-electron chi connectivity index (χ4n) is 2.96. The topological polar surface area (TPSA) is 46.8 Å². The minimum Gasteiger partial charge on any atom is -0.293 e. The molecule has 2 atom stereocenters. The molecule has 3 heterocycles. The molecular weight excluding hydrogens is 307 g/mol. The first-order valence-corrected chi connectivity index (χ1v) is 7.57. The van der Waals surface area contributed by atoms with Crippen LogP contribution in [0.25, 0.3) is 0 Å². The van der Waals surface area contributed by atoms with E-state index in [1.165, 1.54) is 10.9 Å². The third-order valence-corrected chi connectivity index (χ3v) is 4.26. The van der Waals surface area contributed by atoms with Crippen molar-refractivity contribution in [2.75, 3.05) is 13.1 Å². The predicted molar refractivity (Wildman–Crippen MR) is 77.5 cm³/mol. The summed E-state index contributed by atoms with van der Waals surface area (Å²) >= 11 is 0. The molecule has 0 amide bonds. The van der Waals surface area contributed by atoms with Gasteiger partial charge in [0.15, 0.2) is 5.69 Å².